The number of hydrogen-bond donors (Lipinski definition) is 1. The highest BCUT2D eigenvalue weighted by atomic mass is 35.5. The summed E-state index contributed by atoms with van der Waals surface area (Å²) in [4.78, 5) is 12.5. The Hall–Kier alpha value is -3.51. The minimum absolute atomic E-state index is 0.198. The molecule has 4 aromatic rings. The predicted molar refractivity (Wildman–Crippen MR) is 120 cm³/mol. The first kappa shape index (κ1) is 20.8. The van der Waals surface area contributed by atoms with Crippen molar-refractivity contribution in [1.82, 2.24) is 9.78 Å². The van der Waals surface area contributed by atoms with Crippen LogP contribution in [0.15, 0.2) is 71.3 Å². The number of ether oxygens (including phenoxy) is 1. The van der Waals surface area contributed by atoms with Crippen LogP contribution in [0.3, 0.4) is 0 Å². The number of amides is 1. The largest absolute Gasteiger partial charge is 0.486 e. The van der Waals surface area contributed by atoms with Crippen molar-refractivity contribution in [3.8, 4) is 5.75 Å². The van der Waals surface area contributed by atoms with E-state index in [1.54, 1.807) is 29.1 Å². The van der Waals surface area contributed by atoms with Gasteiger partial charge < -0.3 is 14.5 Å². The Labute approximate surface area is 185 Å². The van der Waals surface area contributed by atoms with Crippen molar-refractivity contribution in [2.75, 3.05) is 5.32 Å². The van der Waals surface area contributed by atoms with Gasteiger partial charge in [-0.3, -0.25) is 9.48 Å². The fourth-order valence-corrected chi connectivity index (χ4v) is 3.48. The first-order valence-electron chi connectivity index (χ1n) is 9.84. The molecule has 2 heterocycles. The van der Waals surface area contributed by atoms with Gasteiger partial charge in [-0.2, -0.15) is 5.10 Å². The zero-order chi connectivity index (χ0) is 21.8. The van der Waals surface area contributed by atoms with Gasteiger partial charge in [0, 0.05) is 17.3 Å². The zero-order valence-electron chi connectivity index (χ0n) is 17.3. The number of carbonyl (C=O) groups excluding carboxylic acids is 1. The number of aromatic nitrogens is 2. The van der Waals surface area contributed by atoms with Gasteiger partial charge in [-0.05, 0) is 66.9 Å². The number of rotatable bonds is 7. The molecule has 1 amide bonds. The highest BCUT2D eigenvalue weighted by Crippen LogP contribution is 2.19. The van der Waals surface area contributed by atoms with E-state index in [4.69, 9.17) is 20.8 Å². The summed E-state index contributed by atoms with van der Waals surface area (Å²) in [6.45, 7) is 4.83. The topological polar surface area (TPSA) is 69.3 Å². The second-order valence-corrected chi connectivity index (χ2v) is 7.80. The SMILES string of the molecule is Cc1cc(C)cc(OCc2ccc(C(=O)Nc3ccn(Cc4cccc(Cl)c4)n3)o2)c1. The first-order chi connectivity index (χ1) is 14.9. The van der Waals surface area contributed by atoms with E-state index in [0.717, 1.165) is 22.4 Å². The zero-order valence-corrected chi connectivity index (χ0v) is 18.0. The molecule has 0 spiro atoms. The Morgan fingerprint density at radius 2 is 1.90 bits per heavy atom. The second-order valence-electron chi connectivity index (χ2n) is 7.36. The van der Waals surface area contributed by atoms with Crippen LogP contribution in [0.5, 0.6) is 5.75 Å². The van der Waals surface area contributed by atoms with Gasteiger partial charge in [0.05, 0.1) is 6.54 Å². The molecule has 0 radical (unpaired) electrons. The van der Waals surface area contributed by atoms with Crippen LogP contribution < -0.4 is 10.1 Å². The highest BCUT2D eigenvalue weighted by molar-refractivity contribution is 6.30. The molecule has 1 N–H and O–H groups in total. The Kier molecular flexibility index (Phi) is 6.09. The molecule has 6 nitrogen and oxygen atoms in total. The normalized spacial score (nSPS) is 10.8. The van der Waals surface area contributed by atoms with Crippen molar-refractivity contribution in [3.05, 3.63) is 100 Å². The van der Waals surface area contributed by atoms with Crippen molar-refractivity contribution in [2.24, 2.45) is 0 Å². The average Bonchev–Trinajstić information content (AvgIpc) is 3.35. The lowest BCUT2D eigenvalue weighted by molar-refractivity contribution is 0.0992. The lowest BCUT2D eigenvalue weighted by Crippen LogP contribution is -2.12. The summed E-state index contributed by atoms with van der Waals surface area (Å²) < 4.78 is 13.1. The molecular formula is C24H22ClN3O3. The summed E-state index contributed by atoms with van der Waals surface area (Å²) in [5.41, 5.74) is 3.28. The van der Waals surface area contributed by atoms with Crippen molar-refractivity contribution in [2.45, 2.75) is 27.0 Å². The fourth-order valence-electron chi connectivity index (χ4n) is 3.26. The molecule has 0 aliphatic rings. The van der Waals surface area contributed by atoms with Crippen LogP contribution in [-0.2, 0) is 13.2 Å². The first-order valence-corrected chi connectivity index (χ1v) is 10.2. The van der Waals surface area contributed by atoms with Crippen molar-refractivity contribution >= 4 is 23.3 Å². The summed E-state index contributed by atoms with van der Waals surface area (Å²) in [7, 11) is 0. The molecule has 0 atom stereocenters. The second kappa shape index (κ2) is 9.10. The van der Waals surface area contributed by atoms with Crippen LogP contribution in [0.25, 0.3) is 0 Å². The molecule has 2 aromatic heterocycles. The fraction of sp³-hybridized carbons (Fsp3) is 0.167. The van der Waals surface area contributed by atoms with Gasteiger partial charge in [0.1, 0.15) is 18.1 Å². The molecule has 158 valence electrons. The maximum absolute atomic E-state index is 12.5. The molecule has 0 saturated heterocycles. The minimum atomic E-state index is -0.370. The van der Waals surface area contributed by atoms with Gasteiger partial charge in [-0.25, -0.2) is 0 Å². The van der Waals surface area contributed by atoms with E-state index in [-0.39, 0.29) is 18.3 Å². The van der Waals surface area contributed by atoms with E-state index in [0.29, 0.717) is 23.1 Å². The molecule has 0 saturated carbocycles. The molecule has 7 heteroatoms. The number of benzene rings is 2. The van der Waals surface area contributed by atoms with Crippen LogP contribution in [0.1, 0.15) is 33.0 Å². The van der Waals surface area contributed by atoms with Crippen LogP contribution in [0.4, 0.5) is 5.82 Å². The molecule has 0 unspecified atom stereocenters. The summed E-state index contributed by atoms with van der Waals surface area (Å²) in [6, 6.07) is 18.7. The third-order valence-corrected chi connectivity index (χ3v) is 4.81. The maximum atomic E-state index is 12.5. The van der Waals surface area contributed by atoms with E-state index in [9.17, 15) is 4.79 Å². The monoisotopic (exact) mass is 435 g/mol. The number of nitrogens with one attached hydrogen (secondary N) is 1. The average molecular weight is 436 g/mol. The number of halogens is 1. The van der Waals surface area contributed by atoms with Crippen molar-refractivity contribution in [3.63, 3.8) is 0 Å². The Bertz CT molecular complexity index is 1190. The van der Waals surface area contributed by atoms with Crippen LogP contribution in [0, 0.1) is 13.8 Å². The molecule has 0 bridgehead atoms. The van der Waals surface area contributed by atoms with Crippen molar-refractivity contribution in [1.29, 1.82) is 0 Å². The number of nitrogens with zero attached hydrogens (tertiary/aromatic N) is 2. The Morgan fingerprint density at radius 3 is 2.68 bits per heavy atom. The summed E-state index contributed by atoms with van der Waals surface area (Å²) in [5.74, 6) is 1.60. The minimum Gasteiger partial charge on any atom is -0.486 e. The third-order valence-electron chi connectivity index (χ3n) is 4.58. The summed E-state index contributed by atoms with van der Waals surface area (Å²) in [5, 5.41) is 7.80. The van der Waals surface area contributed by atoms with Gasteiger partial charge in [-0.1, -0.05) is 29.8 Å². The molecule has 0 aliphatic carbocycles. The van der Waals surface area contributed by atoms with Gasteiger partial charge in [0.2, 0.25) is 0 Å². The van der Waals surface area contributed by atoms with E-state index in [1.165, 1.54) is 0 Å². The number of furan rings is 1. The predicted octanol–water partition coefficient (Wildman–Crippen LogP) is 5.63. The third kappa shape index (κ3) is 5.55. The van der Waals surface area contributed by atoms with Crippen LogP contribution in [0.2, 0.25) is 5.02 Å². The van der Waals surface area contributed by atoms with Gasteiger partial charge in [0.15, 0.2) is 11.6 Å². The molecule has 2 aromatic carbocycles. The van der Waals surface area contributed by atoms with Gasteiger partial charge in [-0.15, -0.1) is 0 Å². The highest BCUT2D eigenvalue weighted by Gasteiger charge is 2.13. The van der Waals surface area contributed by atoms with Crippen LogP contribution in [-0.4, -0.2) is 15.7 Å². The number of anilines is 1. The van der Waals surface area contributed by atoms with Gasteiger partial charge in [0.25, 0.3) is 5.91 Å². The maximum Gasteiger partial charge on any atom is 0.292 e. The van der Waals surface area contributed by atoms with E-state index >= 15 is 0 Å². The molecule has 0 aliphatic heterocycles. The molecule has 31 heavy (non-hydrogen) atoms. The number of hydrogen-bond acceptors (Lipinski definition) is 4. The lowest BCUT2D eigenvalue weighted by atomic mass is 10.1. The number of carbonyl (C=O) groups is 1. The van der Waals surface area contributed by atoms with Gasteiger partial charge >= 0.3 is 0 Å². The molecule has 4 rings (SSSR count). The standard InChI is InChI=1S/C24H22ClN3O3/c1-16-10-17(2)12-21(11-16)30-15-20-6-7-22(31-20)24(29)26-23-8-9-28(27-23)14-18-4-3-5-19(25)13-18/h3-13H,14-15H2,1-2H3,(H,26,27,29). The number of aryl methyl sites for hydroxylation is 2. The lowest BCUT2D eigenvalue weighted by Gasteiger charge is -2.06. The summed E-state index contributed by atoms with van der Waals surface area (Å²) >= 11 is 6.02. The van der Waals surface area contributed by atoms with E-state index in [2.05, 4.69) is 16.5 Å². The quantitative estimate of drug-likeness (QED) is 0.408. The van der Waals surface area contributed by atoms with E-state index < -0.39 is 0 Å². The van der Waals surface area contributed by atoms with Crippen molar-refractivity contribution < 1.29 is 13.9 Å². The summed E-state index contributed by atoms with van der Waals surface area (Å²) in [6.07, 6.45) is 1.79. The van der Waals surface area contributed by atoms with E-state index in [1.807, 2.05) is 50.2 Å². The molecule has 0 fully saturated rings. The van der Waals surface area contributed by atoms with Crippen LogP contribution >= 0.6 is 11.6 Å². The molecular weight excluding hydrogens is 414 g/mol. The smallest absolute Gasteiger partial charge is 0.292 e. The Balaban J connectivity index is 1.34. The Morgan fingerprint density at radius 1 is 1.10 bits per heavy atom.